The topological polar surface area (TPSA) is 9.23 Å². The summed E-state index contributed by atoms with van der Waals surface area (Å²) in [6, 6.07) is 9.61. The number of hydrogen-bond acceptors (Lipinski definition) is 3. The van der Waals surface area contributed by atoms with E-state index in [1.807, 2.05) is 30.3 Å². The summed E-state index contributed by atoms with van der Waals surface area (Å²) < 4.78 is 6.49. The third kappa shape index (κ3) is 2.76. The van der Waals surface area contributed by atoms with Crippen LogP contribution in [-0.4, -0.2) is 4.84 Å². The van der Waals surface area contributed by atoms with Crippen LogP contribution in [0.5, 0.6) is 5.75 Å². The lowest BCUT2D eigenvalue weighted by molar-refractivity contribution is 0.652. The van der Waals surface area contributed by atoms with Gasteiger partial charge in [0.15, 0.2) is 0 Å². The Kier molecular flexibility index (Phi) is 3.55. The van der Waals surface area contributed by atoms with Gasteiger partial charge in [-0.2, -0.15) is 0 Å². The van der Waals surface area contributed by atoms with Gasteiger partial charge in [0, 0.05) is 4.91 Å². The predicted molar refractivity (Wildman–Crippen MR) is 64.8 cm³/mol. The van der Waals surface area contributed by atoms with Gasteiger partial charge < -0.3 is 4.18 Å². The maximum Gasteiger partial charge on any atom is 0.140 e. The Balaban J connectivity index is 1.85. The normalized spacial score (nSPS) is 14.8. The first kappa shape index (κ1) is 10.6. The van der Waals surface area contributed by atoms with Gasteiger partial charge in [-0.1, -0.05) is 53.2 Å². The van der Waals surface area contributed by atoms with E-state index in [4.69, 9.17) is 27.4 Å². The number of halogens is 2. The fourth-order valence-electron chi connectivity index (χ4n) is 0.828. The van der Waals surface area contributed by atoms with E-state index in [0.29, 0.717) is 0 Å². The minimum absolute atomic E-state index is 0.415. The number of rotatable bonds is 4. The molecule has 0 saturated heterocycles. The number of para-hydroxylation sites is 1. The van der Waals surface area contributed by atoms with Gasteiger partial charge in [0.05, 0.1) is 4.24 Å². The number of thioether (sulfide) groups is 1. The van der Waals surface area contributed by atoms with Gasteiger partial charge in [0.1, 0.15) is 22.6 Å². The van der Waals surface area contributed by atoms with E-state index in [1.54, 1.807) is 11.8 Å². The van der Waals surface area contributed by atoms with Gasteiger partial charge >= 0.3 is 0 Å². The van der Waals surface area contributed by atoms with E-state index >= 15 is 0 Å². The molecule has 1 aliphatic rings. The second kappa shape index (κ2) is 4.71. The lowest BCUT2D eigenvalue weighted by atomic mass is 10.3. The molecule has 2 rings (SSSR count). The highest BCUT2D eigenvalue weighted by Gasteiger charge is 2.30. The molecule has 14 heavy (non-hydrogen) atoms. The van der Waals surface area contributed by atoms with E-state index in [1.165, 1.54) is 12.0 Å². The van der Waals surface area contributed by atoms with Crippen LogP contribution < -0.4 is 4.18 Å². The molecule has 1 nitrogen and oxygen atoms in total. The van der Waals surface area contributed by atoms with Gasteiger partial charge in [-0.25, -0.2) is 0 Å². The lowest BCUT2D eigenvalue weighted by Crippen LogP contribution is -1.78. The molecule has 1 heterocycles. The zero-order valence-corrected chi connectivity index (χ0v) is 10.1. The fourth-order valence-corrected chi connectivity index (χ4v) is 3.02. The Hall–Kier alpha value is 0.0400. The zero-order valence-electron chi connectivity index (χ0n) is 6.94. The highest BCUT2D eigenvalue weighted by molar-refractivity contribution is 8.28. The highest BCUT2D eigenvalue weighted by atomic mass is 35.5. The summed E-state index contributed by atoms with van der Waals surface area (Å²) in [7, 11) is 0. The summed E-state index contributed by atoms with van der Waals surface area (Å²) in [5, 5.41) is 0. The maximum atomic E-state index is 5.67. The van der Waals surface area contributed by atoms with E-state index in [2.05, 4.69) is 0 Å². The average Bonchev–Trinajstić information content (AvgIpc) is 2.96. The standard InChI is InChI=1S/C9H6Cl2OS2/c10-8(11)7-9(13-7)14-12-6-4-2-1-3-5-6/h1-5,8H. The number of benzene rings is 1. The molecule has 0 bridgehead atoms. The van der Waals surface area contributed by atoms with Gasteiger partial charge in [-0.15, -0.1) is 0 Å². The third-order valence-corrected chi connectivity index (χ3v) is 4.30. The first-order valence-electron chi connectivity index (χ1n) is 3.87. The van der Waals surface area contributed by atoms with E-state index in [0.717, 1.165) is 14.9 Å². The van der Waals surface area contributed by atoms with Crippen LogP contribution in [0.3, 0.4) is 0 Å². The first-order valence-corrected chi connectivity index (χ1v) is 6.30. The Morgan fingerprint density at radius 2 is 1.93 bits per heavy atom. The van der Waals surface area contributed by atoms with Crippen LogP contribution >= 0.6 is 47.0 Å². The Labute approximate surface area is 101 Å². The molecule has 0 unspecified atom stereocenters. The van der Waals surface area contributed by atoms with Crippen molar-refractivity contribution in [2.24, 2.45) is 0 Å². The number of hydrogen-bond donors (Lipinski definition) is 0. The molecule has 0 radical (unpaired) electrons. The SMILES string of the molecule is ClC(Cl)C1=C(SOc2ccccc2)S1. The van der Waals surface area contributed by atoms with Crippen LogP contribution in [0.4, 0.5) is 0 Å². The highest BCUT2D eigenvalue weighted by Crippen LogP contribution is 2.56. The molecule has 0 saturated carbocycles. The fraction of sp³-hybridized carbons (Fsp3) is 0.111. The lowest BCUT2D eigenvalue weighted by Gasteiger charge is -1.98. The molecule has 74 valence electrons. The number of allylic oxidation sites excluding steroid dienone is 1. The van der Waals surface area contributed by atoms with Crippen molar-refractivity contribution in [2.45, 2.75) is 4.84 Å². The third-order valence-electron chi connectivity index (χ3n) is 1.52. The smallest absolute Gasteiger partial charge is 0.140 e. The van der Waals surface area contributed by atoms with Gasteiger partial charge in [0.25, 0.3) is 0 Å². The van der Waals surface area contributed by atoms with E-state index in [-0.39, 0.29) is 0 Å². The van der Waals surface area contributed by atoms with Crippen molar-refractivity contribution in [1.29, 1.82) is 0 Å². The molecule has 5 heteroatoms. The van der Waals surface area contributed by atoms with Gasteiger partial charge in [-0.05, 0) is 12.1 Å². The van der Waals surface area contributed by atoms with Crippen LogP contribution in [-0.2, 0) is 0 Å². The molecule has 0 aromatic heterocycles. The van der Waals surface area contributed by atoms with Crippen LogP contribution in [0, 0.1) is 0 Å². The summed E-state index contributed by atoms with van der Waals surface area (Å²) in [5.41, 5.74) is 0. The molecular weight excluding hydrogens is 259 g/mol. The molecule has 0 fully saturated rings. The molecule has 1 aromatic rings. The minimum Gasteiger partial charge on any atom is -0.420 e. The summed E-state index contributed by atoms with van der Waals surface area (Å²) in [5.74, 6) is 0.831. The molecule has 0 atom stereocenters. The van der Waals surface area contributed by atoms with Crippen molar-refractivity contribution >= 4 is 47.0 Å². The van der Waals surface area contributed by atoms with Crippen LogP contribution in [0.15, 0.2) is 39.5 Å². The van der Waals surface area contributed by atoms with E-state index < -0.39 is 4.84 Å². The van der Waals surface area contributed by atoms with Gasteiger partial charge in [0.2, 0.25) is 0 Å². The number of alkyl halides is 2. The largest absolute Gasteiger partial charge is 0.420 e. The average molecular weight is 265 g/mol. The Morgan fingerprint density at radius 3 is 2.50 bits per heavy atom. The quantitative estimate of drug-likeness (QED) is 0.588. The minimum atomic E-state index is -0.415. The van der Waals surface area contributed by atoms with Crippen LogP contribution in [0.25, 0.3) is 0 Å². The molecule has 0 aliphatic carbocycles. The van der Waals surface area contributed by atoms with Crippen molar-refractivity contribution in [2.75, 3.05) is 0 Å². The summed E-state index contributed by atoms with van der Waals surface area (Å²) in [6.07, 6.45) is 0. The van der Waals surface area contributed by atoms with Crippen molar-refractivity contribution in [3.63, 3.8) is 0 Å². The molecular formula is C9H6Cl2OS2. The predicted octanol–water partition coefficient (Wildman–Crippen LogP) is 4.43. The first-order chi connectivity index (χ1) is 6.77. The Morgan fingerprint density at radius 1 is 1.21 bits per heavy atom. The molecule has 0 N–H and O–H groups in total. The molecule has 0 amide bonds. The summed E-state index contributed by atoms with van der Waals surface area (Å²) in [6.45, 7) is 0. The van der Waals surface area contributed by atoms with Crippen molar-refractivity contribution in [1.82, 2.24) is 0 Å². The Bertz CT molecular complexity index is 351. The maximum absolute atomic E-state index is 5.67. The van der Waals surface area contributed by atoms with Crippen molar-refractivity contribution in [3.8, 4) is 5.75 Å². The van der Waals surface area contributed by atoms with E-state index in [9.17, 15) is 0 Å². The molecule has 1 aromatic carbocycles. The van der Waals surface area contributed by atoms with Crippen LogP contribution in [0.2, 0.25) is 0 Å². The van der Waals surface area contributed by atoms with Crippen molar-refractivity contribution in [3.05, 3.63) is 39.5 Å². The van der Waals surface area contributed by atoms with Crippen LogP contribution in [0.1, 0.15) is 0 Å². The molecule has 0 spiro atoms. The summed E-state index contributed by atoms with van der Waals surface area (Å²) >= 11 is 14.2. The zero-order chi connectivity index (χ0) is 9.97. The molecule has 1 aliphatic heterocycles. The summed E-state index contributed by atoms with van der Waals surface area (Å²) in [4.78, 5) is 0.580. The second-order valence-electron chi connectivity index (χ2n) is 2.53. The monoisotopic (exact) mass is 264 g/mol. The van der Waals surface area contributed by atoms with Crippen molar-refractivity contribution < 1.29 is 4.18 Å². The second-order valence-corrected chi connectivity index (χ2v) is 5.68. The van der Waals surface area contributed by atoms with Gasteiger partial charge in [-0.3, -0.25) is 0 Å².